The van der Waals surface area contributed by atoms with Gasteiger partial charge in [0.15, 0.2) is 9.84 Å². The monoisotopic (exact) mass is 401 g/mol. The number of rotatable bonds is 11. The van der Waals surface area contributed by atoms with Crippen molar-refractivity contribution in [3.05, 3.63) is 65.2 Å². The summed E-state index contributed by atoms with van der Waals surface area (Å²) >= 11 is 0. The Morgan fingerprint density at radius 1 is 0.786 bits per heavy atom. The molecule has 0 radical (unpaired) electrons. The third kappa shape index (κ3) is 6.75. The molecule has 2 aromatic rings. The molecular formula is C24H35NO2S. The highest BCUT2D eigenvalue weighted by Crippen LogP contribution is 2.21. The lowest BCUT2D eigenvalue weighted by Gasteiger charge is -2.20. The van der Waals surface area contributed by atoms with Crippen LogP contribution in [0.2, 0.25) is 0 Å². The lowest BCUT2D eigenvalue weighted by Crippen LogP contribution is -2.27. The molecule has 0 bridgehead atoms. The molecule has 2 rings (SSSR count). The number of hydrogen-bond acceptors (Lipinski definition) is 3. The smallest absolute Gasteiger partial charge is 0.182 e. The maximum atomic E-state index is 12.7. The largest absolute Gasteiger partial charge is 0.303 e. The molecule has 3 nitrogen and oxygen atoms in total. The Labute approximate surface area is 171 Å². The van der Waals surface area contributed by atoms with Crippen molar-refractivity contribution in [1.82, 2.24) is 4.90 Å². The summed E-state index contributed by atoms with van der Waals surface area (Å²) in [6.07, 6.45) is 3.35. The third-order valence-corrected chi connectivity index (χ3v) is 6.79. The second-order valence-corrected chi connectivity index (χ2v) is 9.88. The van der Waals surface area contributed by atoms with Crippen LogP contribution in [0.1, 0.15) is 63.1 Å². The zero-order chi connectivity index (χ0) is 20.6. The fourth-order valence-corrected chi connectivity index (χ4v) is 4.77. The average molecular weight is 402 g/mol. The van der Waals surface area contributed by atoms with Gasteiger partial charge in [0.05, 0.1) is 10.6 Å². The predicted octanol–water partition coefficient (Wildman–Crippen LogP) is 5.45. The predicted molar refractivity (Wildman–Crippen MR) is 119 cm³/mol. The van der Waals surface area contributed by atoms with E-state index in [1.807, 2.05) is 24.3 Å². The first-order valence-electron chi connectivity index (χ1n) is 10.5. The van der Waals surface area contributed by atoms with Crippen molar-refractivity contribution in [1.29, 1.82) is 0 Å². The molecule has 0 saturated heterocycles. The number of hydrogen-bond donors (Lipinski definition) is 0. The first-order valence-corrected chi connectivity index (χ1v) is 12.1. The Hall–Kier alpha value is -1.65. The molecule has 0 saturated carbocycles. The molecule has 0 aliphatic rings. The topological polar surface area (TPSA) is 37.4 Å². The summed E-state index contributed by atoms with van der Waals surface area (Å²) < 4.78 is 25.4. The van der Waals surface area contributed by atoms with E-state index in [0.717, 1.165) is 37.2 Å². The Kier molecular flexibility index (Phi) is 8.71. The van der Waals surface area contributed by atoms with Crippen LogP contribution < -0.4 is 0 Å². The summed E-state index contributed by atoms with van der Waals surface area (Å²) in [6, 6.07) is 15.4. The fraction of sp³-hybridized carbons (Fsp3) is 0.500. The van der Waals surface area contributed by atoms with Gasteiger partial charge in [0.2, 0.25) is 0 Å². The standard InChI is InChI=1S/C24H35NO2S/c1-5-16-25(17-6-2)18-15-21-7-9-22(10-8-21)19-28(26,27)24-13-11-23(12-14-24)20(3)4/h7-14,20H,5-6,15-19H2,1-4H3. The first kappa shape index (κ1) is 22.6. The van der Waals surface area contributed by atoms with E-state index >= 15 is 0 Å². The Morgan fingerprint density at radius 3 is 1.82 bits per heavy atom. The molecule has 0 aromatic heterocycles. The van der Waals surface area contributed by atoms with E-state index in [4.69, 9.17) is 0 Å². The van der Waals surface area contributed by atoms with Gasteiger partial charge >= 0.3 is 0 Å². The molecule has 0 N–H and O–H groups in total. The van der Waals surface area contributed by atoms with E-state index in [0.29, 0.717) is 10.8 Å². The third-order valence-electron chi connectivity index (χ3n) is 5.08. The van der Waals surface area contributed by atoms with Gasteiger partial charge in [-0.25, -0.2) is 8.42 Å². The van der Waals surface area contributed by atoms with E-state index in [9.17, 15) is 8.42 Å². The zero-order valence-electron chi connectivity index (χ0n) is 17.8. The molecule has 0 atom stereocenters. The van der Waals surface area contributed by atoms with Crippen LogP contribution in [0.4, 0.5) is 0 Å². The molecular weight excluding hydrogens is 366 g/mol. The van der Waals surface area contributed by atoms with Gasteiger partial charge in [0.25, 0.3) is 0 Å². The van der Waals surface area contributed by atoms with Crippen LogP contribution in [0.5, 0.6) is 0 Å². The van der Waals surface area contributed by atoms with Crippen LogP contribution in [0.3, 0.4) is 0 Å². The van der Waals surface area contributed by atoms with Crippen LogP contribution in [0.15, 0.2) is 53.4 Å². The second-order valence-electron chi connectivity index (χ2n) is 7.89. The molecule has 2 aromatic carbocycles. The molecule has 0 aliphatic heterocycles. The normalized spacial score (nSPS) is 12.1. The molecule has 0 heterocycles. The summed E-state index contributed by atoms with van der Waals surface area (Å²) in [7, 11) is -3.32. The van der Waals surface area contributed by atoms with Crippen molar-refractivity contribution in [2.75, 3.05) is 19.6 Å². The molecule has 28 heavy (non-hydrogen) atoms. The highest BCUT2D eigenvalue weighted by atomic mass is 32.2. The van der Waals surface area contributed by atoms with Crippen LogP contribution in [-0.4, -0.2) is 33.0 Å². The highest BCUT2D eigenvalue weighted by Gasteiger charge is 2.15. The number of benzene rings is 2. The lowest BCUT2D eigenvalue weighted by molar-refractivity contribution is 0.278. The van der Waals surface area contributed by atoms with Gasteiger partial charge in [0.1, 0.15) is 0 Å². The molecule has 0 unspecified atom stereocenters. The van der Waals surface area contributed by atoms with Crippen LogP contribution in [-0.2, 0) is 22.0 Å². The average Bonchev–Trinajstić information content (AvgIpc) is 2.67. The summed E-state index contributed by atoms with van der Waals surface area (Å²) in [6.45, 7) is 12.0. The molecule has 154 valence electrons. The van der Waals surface area contributed by atoms with Crippen molar-refractivity contribution in [2.24, 2.45) is 0 Å². The molecule has 0 amide bonds. The Balaban J connectivity index is 1.99. The summed E-state index contributed by atoms with van der Waals surface area (Å²) in [5.74, 6) is 0.446. The van der Waals surface area contributed by atoms with Gasteiger partial charge in [-0.1, -0.05) is 64.1 Å². The highest BCUT2D eigenvalue weighted by molar-refractivity contribution is 7.90. The molecule has 4 heteroatoms. The van der Waals surface area contributed by atoms with Crippen molar-refractivity contribution in [2.45, 2.75) is 63.5 Å². The number of sulfone groups is 1. The quantitative estimate of drug-likeness (QED) is 0.502. The van der Waals surface area contributed by atoms with Crippen molar-refractivity contribution in [3.8, 4) is 0 Å². The van der Waals surface area contributed by atoms with Crippen molar-refractivity contribution in [3.63, 3.8) is 0 Å². The maximum absolute atomic E-state index is 12.7. The van der Waals surface area contributed by atoms with Gasteiger partial charge in [0, 0.05) is 6.54 Å². The zero-order valence-corrected chi connectivity index (χ0v) is 18.6. The number of nitrogens with zero attached hydrogens (tertiary/aromatic N) is 1. The fourth-order valence-electron chi connectivity index (χ4n) is 3.42. The van der Waals surface area contributed by atoms with E-state index in [1.165, 1.54) is 18.4 Å². The Morgan fingerprint density at radius 2 is 1.32 bits per heavy atom. The van der Waals surface area contributed by atoms with Gasteiger partial charge < -0.3 is 4.90 Å². The van der Waals surface area contributed by atoms with Crippen molar-refractivity contribution < 1.29 is 8.42 Å². The van der Waals surface area contributed by atoms with Gasteiger partial charge in [-0.05, 0) is 67.1 Å². The van der Waals surface area contributed by atoms with E-state index < -0.39 is 9.84 Å². The van der Waals surface area contributed by atoms with E-state index in [-0.39, 0.29) is 5.75 Å². The minimum atomic E-state index is -3.32. The molecule has 0 spiro atoms. The van der Waals surface area contributed by atoms with Gasteiger partial charge in [-0.2, -0.15) is 0 Å². The lowest BCUT2D eigenvalue weighted by atomic mass is 10.0. The van der Waals surface area contributed by atoms with Gasteiger partial charge in [-0.3, -0.25) is 0 Å². The van der Waals surface area contributed by atoms with Crippen LogP contribution >= 0.6 is 0 Å². The van der Waals surface area contributed by atoms with E-state index in [1.54, 1.807) is 12.1 Å². The minimum Gasteiger partial charge on any atom is -0.303 e. The van der Waals surface area contributed by atoms with Gasteiger partial charge in [-0.15, -0.1) is 0 Å². The van der Waals surface area contributed by atoms with Crippen molar-refractivity contribution >= 4 is 9.84 Å². The summed E-state index contributed by atoms with van der Waals surface area (Å²) in [5, 5.41) is 0. The van der Waals surface area contributed by atoms with Crippen LogP contribution in [0.25, 0.3) is 0 Å². The minimum absolute atomic E-state index is 0.0477. The summed E-state index contributed by atoms with van der Waals surface area (Å²) in [4.78, 5) is 2.90. The summed E-state index contributed by atoms with van der Waals surface area (Å²) in [5.41, 5.74) is 3.26. The Bertz CT molecular complexity index is 803. The maximum Gasteiger partial charge on any atom is 0.182 e. The second kappa shape index (κ2) is 10.8. The molecule has 0 aliphatic carbocycles. The van der Waals surface area contributed by atoms with E-state index in [2.05, 4.69) is 44.7 Å². The SMILES string of the molecule is CCCN(CCC)CCc1ccc(CS(=O)(=O)c2ccc(C(C)C)cc2)cc1. The van der Waals surface area contributed by atoms with Crippen LogP contribution in [0, 0.1) is 0 Å². The first-order chi connectivity index (χ1) is 13.4. The molecule has 0 fully saturated rings.